The monoisotopic (exact) mass is 890 g/mol. The summed E-state index contributed by atoms with van der Waals surface area (Å²) in [6.07, 6.45) is 5.04. The Morgan fingerprint density at radius 2 is 0.364 bits per heavy atom. The second kappa shape index (κ2) is 46.9. The van der Waals surface area contributed by atoms with E-state index in [0.717, 1.165) is 0 Å². The molecule has 0 aliphatic heterocycles. The molecule has 21 nitrogen and oxygen atoms in total. The minimum absolute atomic E-state index is 0. The van der Waals surface area contributed by atoms with Crippen LogP contribution in [0.25, 0.3) is 0 Å². The van der Waals surface area contributed by atoms with Gasteiger partial charge in [-0.25, -0.2) is 88.0 Å². The van der Waals surface area contributed by atoms with Crippen molar-refractivity contribution < 1.29 is 136 Å². The van der Waals surface area contributed by atoms with Crippen LogP contribution in [0, 0.1) is 16.2 Å². The molecule has 0 unspecified atom stereocenters. The van der Waals surface area contributed by atoms with Crippen LogP contribution in [0.1, 0.15) is 57.8 Å². The molecule has 0 aromatic rings. The summed E-state index contributed by atoms with van der Waals surface area (Å²) in [6.45, 7) is 2.36. The summed E-state index contributed by atoms with van der Waals surface area (Å²) >= 11 is 0. The predicted octanol–water partition coefficient (Wildman–Crippen LogP) is 0.710. The number of hydrogen-bond donors (Lipinski definition) is 0. The van der Waals surface area contributed by atoms with Crippen molar-refractivity contribution in [1.29, 1.82) is 0 Å². The van der Waals surface area contributed by atoms with Crippen molar-refractivity contribution in [2.24, 2.45) is 16.2 Å². The van der Waals surface area contributed by atoms with Crippen molar-refractivity contribution in [1.82, 2.24) is 0 Å². The van der Waals surface area contributed by atoms with E-state index < -0.39 is 16.2 Å². The molecule has 0 rings (SSSR count). The molecule has 0 aromatic heterocycles. The van der Waals surface area contributed by atoms with Gasteiger partial charge in [-0.15, -0.1) is 19.8 Å². The first kappa shape index (κ1) is 61.9. The van der Waals surface area contributed by atoms with Crippen LogP contribution in [0.15, 0.2) is 0 Å². The summed E-state index contributed by atoms with van der Waals surface area (Å²) in [4.78, 5) is 84.1. The van der Waals surface area contributed by atoms with Gasteiger partial charge >= 0.3 is 32.7 Å². The largest absolute Gasteiger partial charge is 3.00 e. The third-order valence-electron chi connectivity index (χ3n) is 8.42. The average molecular weight is 891 g/mol. The molecule has 0 bridgehead atoms. The Kier molecular flexibility index (Phi) is 52.9. The summed E-state index contributed by atoms with van der Waals surface area (Å²) in [5.74, 6) is 0. The van der Waals surface area contributed by atoms with Crippen LogP contribution >= 0.6 is 0 Å². The van der Waals surface area contributed by atoms with Gasteiger partial charge in [0.1, 0.15) is 0 Å². The zero-order valence-electron chi connectivity index (χ0n) is 34.5. The quantitative estimate of drug-likeness (QED) is 0.0469. The summed E-state index contributed by atoms with van der Waals surface area (Å²) in [5, 5.41) is 34.3. The molecule has 0 spiro atoms. The molecular formula is C33H69O21Y. The zero-order chi connectivity index (χ0) is 41.1. The van der Waals surface area contributed by atoms with Crippen LogP contribution in [0.3, 0.4) is 0 Å². The molecule has 0 aromatic carbocycles. The fraction of sp³-hybridized carbons (Fsp3) is 1.00. The minimum atomic E-state index is -0.477. The first-order chi connectivity index (χ1) is 26.2. The Morgan fingerprint density at radius 3 is 0.436 bits per heavy atom. The van der Waals surface area contributed by atoms with Gasteiger partial charge in [-0.05, 0) is 74.0 Å². The maximum atomic E-state index is 11.4. The van der Waals surface area contributed by atoms with Gasteiger partial charge in [0, 0.05) is 0 Å². The molecule has 0 aliphatic carbocycles. The van der Waals surface area contributed by atoms with E-state index in [9.17, 15) is 15.3 Å². The van der Waals surface area contributed by atoms with Gasteiger partial charge in [-0.1, -0.05) is 0 Å². The van der Waals surface area contributed by atoms with Gasteiger partial charge in [-0.3, -0.25) is 0 Å². The Hall–Kier alpha value is 0.264. The molecule has 0 heterocycles. The zero-order valence-corrected chi connectivity index (χ0v) is 37.3. The molecule has 330 valence electrons. The van der Waals surface area contributed by atoms with E-state index in [4.69, 9.17) is 44.0 Å². The molecule has 0 amide bonds. The first-order valence-corrected chi connectivity index (χ1v) is 17.4. The maximum Gasteiger partial charge on any atom is 3.00 e. The predicted molar refractivity (Wildman–Crippen MR) is 180 cm³/mol. The molecule has 0 aliphatic rings. The SMILES string of the molecule is COOCCC(C[O-])(CCOOC)CCOOC.COOCCC(C[O-])(CCOOC)CCOOC.COOCCC(C[O-])(CCOOC)CCOOC.[Y+3]. The van der Waals surface area contributed by atoms with Crippen molar-refractivity contribution in [2.75, 3.05) is 143 Å². The van der Waals surface area contributed by atoms with Crippen LogP contribution in [0.5, 0.6) is 0 Å². The Balaban J connectivity index is -0.000000351. The molecule has 0 saturated carbocycles. The van der Waals surface area contributed by atoms with Crippen LogP contribution in [0.2, 0.25) is 0 Å². The molecule has 0 saturated heterocycles. The van der Waals surface area contributed by atoms with E-state index >= 15 is 0 Å². The van der Waals surface area contributed by atoms with Crippen LogP contribution < -0.4 is 15.3 Å². The van der Waals surface area contributed by atoms with Gasteiger partial charge in [0.2, 0.25) is 0 Å². The van der Waals surface area contributed by atoms with E-state index in [-0.39, 0.29) is 52.5 Å². The van der Waals surface area contributed by atoms with Gasteiger partial charge in [0.15, 0.2) is 0 Å². The van der Waals surface area contributed by atoms with E-state index in [1.807, 2.05) is 0 Å². The van der Waals surface area contributed by atoms with E-state index in [1.54, 1.807) is 0 Å². The van der Waals surface area contributed by atoms with Crippen LogP contribution in [-0.2, 0) is 121 Å². The van der Waals surface area contributed by atoms with E-state index in [1.165, 1.54) is 64.0 Å². The molecule has 0 fully saturated rings. The topological polar surface area (TPSA) is 235 Å². The third-order valence-corrected chi connectivity index (χ3v) is 8.42. The summed E-state index contributed by atoms with van der Waals surface area (Å²) in [7, 11) is 12.9. The van der Waals surface area contributed by atoms with Gasteiger partial charge < -0.3 is 15.3 Å². The molecule has 0 atom stereocenters. The smallest absolute Gasteiger partial charge is 0.854 e. The van der Waals surface area contributed by atoms with Crippen molar-refractivity contribution in [3.05, 3.63) is 0 Å². The Morgan fingerprint density at radius 1 is 0.255 bits per heavy atom. The van der Waals surface area contributed by atoms with E-state index in [2.05, 4.69) is 44.0 Å². The van der Waals surface area contributed by atoms with Crippen LogP contribution in [-0.4, -0.2) is 143 Å². The first-order valence-electron chi connectivity index (χ1n) is 17.4. The maximum absolute atomic E-state index is 11.4. The standard InChI is InChI=1S/3C11H23O7.Y/c3*1-13-16-7-4-11(10-12,5-8-17-14-2)6-9-18-15-3;/h3*4-10H2,1-3H3;/q3*-1;+3. The summed E-state index contributed by atoms with van der Waals surface area (Å²) < 4.78 is 0. The summed E-state index contributed by atoms with van der Waals surface area (Å²) in [5.41, 5.74) is -1.43. The minimum Gasteiger partial charge on any atom is -0.854 e. The third kappa shape index (κ3) is 37.0. The average Bonchev–Trinajstić information content (AvgIpc) is 3.18. The summed E-state index contributed by atoms with van der Waals surface area (Å²) in [6, 6.07) is 0. The van der Waals surface area contributed by atoms with Gasteiger partial charge in [0.25, 0.3) is 0 Å². The Bertz CT molecular complexity index is 548. The van der Waals surface area contributed by atoms with Crippen molar-refractivity contribution in [3.8, 4) is 0 Å². The second-order valence-electron chi connectivity index (χ2n) is 11.6. The fourth-order valence-electron chi connectivity index (χ4n) is 4.85. The van der Waals surface area contributed by atoms with Gasteiger partial charge in [-0.2, -0.15) is 0 Å². The van der Waals surface area contributed by atoms with Crippen molar-refractivity contribution in [3.63, 3.8) is 0 Å². The Labute approximate surface area is 352 Å². The molecule has 0 radical (unpaired) electrons. The molecule has 22 heteroatoms. The normalized spacial score (nSPS) is 11.8. The molecular weight excluding hydrogens is 821 g/mol. The second-order valence-corrected chi connectivity index (χ2v) is 11.6. The van der Waals surface area contributed by atoms with Crippen molar-refractivity contribution >= 4 is 0 Å². The number of hydrogen-bond acceptors (Lipinski definition) is 21. The van der Waals surface area contributed by atoms with Gasteiger partial charge in [0.05, 0.1) is 123 Å². The molecule has 0 N–H and O–H groups in total. The van der Waals surface area contributed by atoms with E-state index in [0.29, 0.717) is 117 Å². The number of rotatable bonds is 39. The van der Waals surface area contributed by atoms with Crippen molar-refractivity contribution in [2.45, 2.75) is 57.8 Å². The molecule has 55 heavy (non-hydrogen) atoms. The fourth-order valence-corrected chi connectivity index (χ4v) is 4.85. The van der Waals surface area contributed by atoms with Crippen LogP contribution in [0.4, 0.5) is 0 Å².